The molecular formula is C21H20FN5OS. The number of thiazole rings is 1. The highest BCUT2D eigenvalue weighted by Crippen LogP contribution is 2.26. The molecule has 1 saturated heterocycles. The molecule has 4 heterocycles. The van der Waals surface area contributed by atoms with Crippen LogP contribution in [0.1, 0.15) is 5.56 Å². The van der Waals surface area contributed by atoms with Crippen molar-refractivity contribution < 1.29 is 4.39 Å². The number of H-pyrrole nitrogens is 1. The molecule has 0 radical (unpaired) electrons. The summed E-state index contributed by atoms with van der Waals surface area (Å²) in [4.78, 5) is 28.4. The predicted octanol–water partition coefficient (Wildman–Crippen LogP) is 3.04. The van der Waals surface area contributed by atoms with Crippen LogP contribution in [0.5, 0.6) is 0 Å². The van der Waals surface area contributed by atoms with E-state index in [-0.39, 0.29) is 11.4 Å². The maximum Gasteiger partial charge on any atom is 0.248 e. The van der Waals surface area contributed by atoms with E-state index in [1.54, 1.807) is 23.5 Å². The molecule has 0 spiro atoms. The summed E-state index contributed by atoms with van der Waals surface area (Å²) in [5.41, 5.74) is 4.17. The van der Waals surface area contributed by atoms with Crippen LogP contribution in [0.3, 0.4) is 0 Å². The molecule has 0 atom stereocenters. The minimum Gasteiger partial charge on any atom is -0.352 e. The van der Waals surface area contributed by atoms with Gasteiger partial charge < -0.3 is 9.88 Å². The Hall–Kier alpha value is -2.84. The van der Waals surface area contributed by atoms with Crippen LogP contribution in [-0.4, -0.2) is 52.6 Å². The Morgan fingerprint density at radius 2 is 1.97 bits per heavy atom. The average molecular weight is 409 g/mol. The first-order valence-corrected chi connectivity index (χ1v) is 10.5. The van der Waals surface area contributed by atoms with Crippen molar-refractivity contribution in [2.75, 3.05) is 37.6 Å². The van der Waals surface area contributed by atoms with E-state index in [2.05, 4.69) is 24.8 Å². The van der Waals surface area contributed by atoms with Gasteiger partial charge in [-0.2, -0.15) is 0 Å². The molecule has 0 bridgehead atoms. The molecule has 4 aromatic rings. The van der Waals surface area contributed by atoms with Crippen LogP contribution in [0.2, 0.25) is 0 Å². The van der Waals surface area contributed by atoms with Crippen LogP contribution in [-0.2, 0) is 6.42 Å². The van der Waals surface area contributed by atoms with Crippen molar-refractivity contribution in [3.8, 4) is 0 Å². The predicted molar refractivity (Wildman–Crippen MR) is 114 cm³/mol. The minimum absolute atomic E-state index is 0.189. The maximum atomic E-state index is 13.5. The van der Waals surface area contributed by atoms with E-state index in [1.165, 1.54) is 12.1 Å². The summed E-state index contributed by atoms with van der Waals surface area (Å²) in [7, 11) is 0. The van der Waals surface area contributed by atoms with Gasteiger partial charge in [-0.25, -0.2) is 14.4 Å². The van der Waals surface area contributed by atoms with Gasteiger partial charge in [0.2, 0.25) is 5.56 Å². The topological polar surface area (TPSA) is 65.1 Å². The molecule has 0 amide bonds. The molecule has 1 aromatic carbocycles. The zero-order valence-corrected chi connectivity index (χ0v) is 16.6. The van der Waals surface area contributed by atoms with Gasteiger partial charge in [-0.3, -0.25) is 9.69 Å². The summed E-state index contributed by atoms with van der Waals surface area (Å²) in [5, 5.41) is 0.907. The van der Waals surface area contributed by atoms with Gasteiger partial charge in [0, 0.05) is 50.4 Å². The summed E-state index contributed by atoms with van der Waals surface area (Å²) in [5.74, 6) is 0.621. The van der Waals surface area contributed by atoms with E-state index in [4.69, 9.17) is 0 Å². The Balaban J connectivity index is 1.27. The van der Waals surface area contributed by atoms with E-state index >= 15 is 0 Å². The first kappa shape index (κ1) is 18.2. The number of pyridine rings is 2. The number of nitrogens with zero attached hydrogens (tertiary/aromatic N) is 4. The molecule has 29 heavy (non-hydrogen) atoms. The zero-order valence-electron chi connectivity index (χ0n) is 15.8. The van der Waals surface area contributed by atoms with Gasteiger partial charge in [0.1, 0.15) is 11.3 Å². The number of anilines is 1. The lowest BCUT2D eigenvalue weighted by Gasteiger charge is -2.35. The summed E-state index contributed by atoms with van der Waals surface area (Å²) in [6.07, 6.45) is 2.61. The van der Waals surface area contributed by atoms with Gasteiger partial charge in [0.25, 0.3) is 0 Å². The lowest BCUT2D eigenvalue weighted by Crippen LogP contribution is -2.47. The van der Waals surface area contributed by atoms with E-state index < -0.39 is 0 Å². The molecule has 1 N–H and O–H groups in total. The van der Waals surface area contributed by atoms with Crippen molar-refractivity contribution in [2.24, 2.45) is 0 Å². The van der Waals surface area contributed by atoms with Gasteiger partial charge in [0.15, 0.2) is 5.82 Å². The number of halogens is 1. The normalized spacial score (nSPS) is 15.4. The summed E-state index contributed by atoms with van der Waals surface area (Å²) >= 11 is 1.63. The zero-order chi connectivity index (χ0) is 19.8. The van der Waals surface area contributed by atoms with Crippen LogP contribution < -0.4 is 10.5 Å². The monoisotopic (exact) mass is 409 g/mol. The number of rotatable bonds is 4. The fraction of sp³-hybridized carbons (Fsp3) is 0.286. The largest absolute Gasteiger partial charge is 0.352 e. The number of hydrogen-bond acceptors (Lipinski definition) is 6. The van der Waals surface area contributed by atoms with E-state index in [9.17, 15) is 9.18 Å². The van der Waals surface area contributed by atoms with Gasteiger partial charge in [-0.05, 0) is 36.2 Å². The van der Waals surface area contributed by atoms with Crippen molar-refractivity contribution in [3.63, 3.8) is 0 Å². The van der Waals surface area contributed by atoms with Crippen molar-refractivity contribution in [1.29, 1.82) is 0 Å². The molecule has 0 saturated carbocycles. The average Bonchev–Trinajstić information content (AvgIpc) is 3.21. The standard InChI is InChI=1S/C21H20FN5OS/c22-15-1-2-16-14(11-19(28)25-17(16)12-15)4-6-26-7-9-27(10-8-26)21-20-18(3-5-23-21)29-13-24-20/h1-3,5,11-13H,4,6-10H2,(H,25,28). The van der Waals surface area contributed by atoms with Crippen LogP contribution in [0, 0.1) is 5.82 Å². The summed E-state index contributed by atoms with van der Waals surface area (Å²) in [6, 6.07) is 8.20. The van der Waals surface area contributed by atoms with Crippen molar-refractivity contribution >= 4 is 38.3 Å². The lowest BCUT2D eigenvalue weighted by atomic mass is 10.1. The number of aromatic amines is 1. The number of benzene rings is 1. The Labute approximate surface area is 170 Å². The van der Waals surface area contributed by atoms with Crippen molar-refractivity contribution in [1.82, 2.24) is 19.9 Å². The third kappa shape index (κ3) is 3.61. The van der Waals surface area contributed by atoms with Gasteiger partial charge in [-0.15, -0.1) is 11.3 Å². The summed E-state index contributed by atoms with van der Waals surface area (Å²) < 4.78 is 14.6. The van der Waals surface area contributed by atoms with Crippen LogP contribution >= 0.6 is 11.3 Å². The number of aromatic nitrogens is 3. The summed E-state index contributed by atoms with van der Waals surface area (Å²) in [6.45, 7) is 4.50. The highest BCUT2D eigenvalue weighted by Gasteiger charge is 2.20. The second kappa shape index (κ2) is 7.53. The Morgan fingerprint density at radius 3 is 2.83 bits per heavy atom. The first-order valence-electron chi connectivity index (χ1n) is 9.64. The number of nitrogens with one attached hydrogen (secondary N) is 1. The molecule has 148 valence electrons. The highest BCUT2D eigenvalue weighted by molar-refractivity contribution is 7.16. The fourth-order valence-corrected chi connectivity index (χ4v) is 4.65. The maximum absolute atomic E-state index is 13.5. The van der Waals surface area contributed by atoms with Crippen LogP contribution in [0.25, 0.3) is 21.1 Å². The molecular weight excluding hydrogens is 389 g/mol. The van der Waals surface area contributed by atoms with Gasteiger partial charge in [-0.1, -0.05) is 0 Å². The van der Waals surface area contributed by atoms with Crippen molar-refractivity contribution in [3.05, 3.63) is 63.8 Å². The minimum atomic E-state index is -0.342. The quantitative estimate of drug-likeness (QED) is 0.561. The Morgan fingerprint density at radius 1 is 1.10 bits per heavy atom. The molecule has 6 nitrogen and oxygen atoms in total. The number of fused-ring (bicyclic) bond motifs is 2. The van der Waals surface area contributed by atoms with Crippen molar-refractivity contribution in [2.45, 2.75) is 6.42 Å². The molecule has 3 aromatic heterocycles. The molecule has 8 heteroatoms. The third-order valence-electron chi connectivity index (χ3n) is 5.49. The van der Waals surface area contributed by atoms with Gasteiger partial charge in [0.05, 0.1) is 15.7 Å². The fourth-order valence-electron chi connectivity index (χ4n) is 3.98. The molecule has 1 fully saturated rings. The van der Waals surface area contributed by atoms with Gasteiger partial charge >= 0.3 is 0 Å². The van der Waals surface area contributed by atoms with Crippen LogP contribution in [0.4, 0.5) is 10.2 Å². The molecule has 0 aliphatic carbocycles. The second-order valence-corrected chi connectivity index (χ2v) is 8.15. The third-order valence-corrected chi connectivity index (χ3v) is 6.28. The second-order valence-electron chi connectivity index (χ2n) is 7.26. The number of piperazine rings is 1. The van der Waals surface area contributed by atoms with E-state index in [1.807, 2.05) is 17.8 Å². The lowest BCUT2D eigenvalue weighted by molar-refractivity contribution is 0.261. The first-order chi connectivity index (χ1) is 14.2. The Kier molecular flexibility index (Phi) is 4.73. The number of hydrogen-bond donors (Lipinski definition) is 1. The molecule has 1 aliphatic rings. The molecule has 1 aliphatic heterocycles. The smallest absolute Gasteiger partial charge is 0.248 e. The van der Waals surface area contributed by atoms with E-state index in [0.717, 1.165) is 66.1 Å². The molecule has 0 unspecified atom stereocenters. The molecule has 5 rings (SSSR count). The Bertz CT molecular complexity index is 1230. The van der Waals surface area contributed by atoms with Crippen LogP contribution in [0.15, 0.2) is 46.8 Å². The highest BCUT2D eigenvalue weighted by atomic mass is 32.1. The SMILES string of the molecule is O=c1cc(CCN2CCN(c3nccc4scnc34)CC2)c2ccc(F)cc2[nH]1. The van der Waals surface area contributed by atoms with E-state index in [0.29, 0.717) is 5.52 Å².